The fourth-order valence-electron chi connectivity index (χ4n) is 0.392. The van der Waals surface area contributed by atoms with Crippen LogP contribution in [0.25, 0.3) is 0 Å². The van der Waals surface area contributed by atoms with Crippen molar-refractivity contribution in [3.63, 3.8) is 0 Å². The molecule has 0 unspecified atom stereocenters. The van der Waals surface area contributed by atoms with Crippen LogP contribution in [0, 0.1) is 0 Å². The third-order valence-electron chi connectivity index (χ3n) is 0.760. The second-order valence-electron chi connectivity index (χ2n) is 1.41. The minimum absolute atomic E-state index is 0.572. The van der Waals surface area contributed by atoms with Crippen molar-refractivity contribution in [2.45, 2.75) is 0 Å². The summed E-state index contributed by atoms with van der Waals surface area (Å²) in [5, 5.41) is 1.18. The summed E-state index contributed by atoms with van der Waals surface area (Å²) in [6.07, 6.45) is 3.31. The zero-order chi connectivity index (χ0) is 6.85. The minimum Gasteiger partial charge on any atom is -0.294 e. The lowest BCUT2D eigenvalue weighted by Crippen LogP contribution is -2.23. The molecule has 0 spiro atoms. The maximum absolute atomic E-state index is 5.65. The van der Waals surface area contributed by atoms with Crippen molar-refractivity contribution in [1.29, 1.82) is 0 Å². The summed E-state index contributed by atoms with van der Waals surface area (Å²) in [5.41, 5.74) is 2.81. The van der Waals surface area contributed by atoms with Gasteiger partial charge >= 0.3 is 0 Å². The number of allylic oxidation sites excluding steroid dienone is 2. The molecule has 0 aliphatic carbocycles. The Morgan fingerprint density at radius 1 is 1.56 bits per heavy atom. The Morgan fingerprint density at radius 3 is 2.67 bits per heavy atom. The van der Waals surface area contributed by atoms with E-state index in [4.69, 9.17) is 23.2 Å². The fourth-order valence-corrected chi connectivity index (χ4v) is 1.04. The second-order valence-corrected chi connectivity index (χ2v) is 3.19. The van der Waals surface area contributed by atoms with E-state index in [1.807, 2.05) is 22.9 Å². The van der Waals surface area contributed by atoms with E-state index in [0.29, 0.717) is 10.2 Å². The predicted octanol–water partition coefficient (Wildman–Crippen LogP) is 2.32. The molecule has 9 heavy (non-hydrogen) atoms. The highest BCUT2D eigenvalue weighted by Gasteiger charge is 2.05. The van der Waals surface area contributed by atoms with Crippen LogP contribution in [0.2, 0.25) is 0 Å². The van der Waals surface area contributed by atoms with Crippen LogP contribution in [0.5, 0.6) is 0 Å². The Hall–Kier alpha value is 0.390. The standard InChI is InChI=1S/C4H3Cl2IN2/c5-3-1-4(6)9(7)8-2-3/h1-2,8H. The van der Waals surface area contributed by atoms with Gasteiger partial charge in [-0.3, -0.25) is 5.43 Å². The molecule has 0 saturated heterocycles. The van der Waals surface area contributed by atoms with Gasteiger partial charge in [0.1, 0.15) is 5.16 Å². The van der Waals surface area contributed by atoms with E-state index in [-0.39, 0.29) is 0 Å². The maximum Gasteiger partial charge on any atom is 0.136 e. The van der Waals surface area contributed by atoms with Gasteiger partial charge in [-0.15, -0.1) is 0 Å². The Morgan fingerprint density at radius 2 is 2.22 bits per heavy atom. The van der Waals surface area contributed by atoms with Gasteiger partial charge in [-0.1, -0.05) is 23.2 Å². The van der Waals surface area contributed by atoms with Gasteiger partial charge in [0, 0.05) is 6.20 Å². The first-order chi connectivity index (χ1) is 4.20. The molecular weight excluding hydrogens is 274 g/mol. The molecule has 2 nitrogen and oxygen atoms in total. The van der Waals surface area contributed by atoms with E-state index in [0.717, 1.165) is 0 Å². The van der Waals surface area contributed by atoms with E-state index < -0.39 is 0 Å². The van der Waals surface area contributed by atoms with Crippen LogP contribution in [-0.2, 0) is 0 Å². The van der Waals surface area contributed by atoms with Crippen molar-refractivity contribution >= 4 is 46.1 Å². The summed E-state index contributed by atoms with van der Waals surface area (Å²) in [7, 11) is 0. The molecule has 0 aromatic heterocycles. The highest BCUT2D eigenvalue weighted by atomic mass is 127. The van der Waals surface area contributed by atoms with Gasteiger partial charge in [0.05, 0.1) is 27.9 Å². The molecule has 0 bridgehead atoms. The Balaban J connectivity index is 2.74. The molecule has 1 heterocycles. The lowest BCUT2D eigenvalue weighted by molar-refractivity contribution is 0.560. The van der Waals surface area contributed by atoms with Crippen LogP contribution >= 0.6 is 46.1 Å². The van der Waals surface area contributed by atoms with Gasteiger partial charge in [0.2, 0.25) is 0 Å². The minimum atomic E-state index is 0.572. The predicted molar refractivity (Wildman–Crippen MR) is 46.9 cm³/mol. The van der Waals surface area contributed by atoms with Crippen molar-refractivity contribution in [2.75, 3.05) is 0 Å². The Bertz CT molecular complexity index is 177. The maximum atomic E-state index is 5.65. The molecular formula is C4H3Cl2IN2. The van der Waals surface area contributed by atoms with Gasteiger partial charge < -0.3 is 0 Å². The zero-order valence-electron chi connectivity index (χ0n) is 4.24. The third-order valence-corrected chi connectivity index (χ3v) is 2.34. The van der Waals surface area contributed by atoms with Crippen LogP contribution in [-0.4, -0.2) is 3.22 Å². The normalized spacial score (nSPS) is 18.3. The molecule has 0 saturated carbocycles. The van der Waals surface area contributed by atoms with Crippen LogP contribution in [0.1, 0.15) is 0 Å². The van der Waals surface area contributed by atoms with Gasteiger partial charge in [-0.05, 0) is 6.08 Å². The smallest absolute Gasteiger partial charge is 0.136 e. The summed E-state index contributed by atoms with van der Waals surface area (Å²) in [5.74, 6) is 0. The largest absolute Gasteiger partial charge is 0.294 e. The number of nitrogens with zero attached hydrogens (tertiary/aromatic N) is 1. The summed E-state index contributed by atoms with van der Waals surface area (Å²) >= 11 is 13.2. The fraction of sp³-hybridized carbons (Fsp3) is 0. The summed E-state index contributed by atoms with van der Waals surface area (Å²) in [4.78, 5) is 0. The Kier molecular flexibility index (Phi) is 2.49. The quantitative estimate of drug-likeness (QED) is 0.415. The van der Waals surface area contributed by atoms with Crippen LogP contribution in [0.4, 0.5) is 0 Å². The van der Waals surface area contributed by atoms with Crippen molar-refractivity contribution in [3.05, 3.63) is 22.5 Å². The number of hydrazine groups is 1. The SMILES string of the molecule is ClC1=CNN(I)C(Cl)=C1. The topological polar surface area (TPSA) is 15.3 Å². The molecule has 0 radical (unpaired) electrons. The lowest BCUT2D eigenvalue weighted by Gasteiger charge is -2.17. The van der Waals surface area contributed by atoms with Crippen molar-refractivity contribution in [3.8, 4) is 0 Å². The zero-order valence-corrected chi connectivity index (χ0v) is 7.91. The van der Waals surface area contributed by atoms with Gasteiger partial charge in [0.15, 0.2) is 0 Å². The molecule has 0 atom stereocenters. The van der Waals surface area contributed by atoms with E-state index >= 15 is 0 Å². The van der Waals surface area contributed by atoms with Crippen molar-refractivity contribution < 1.29 is 0 Å². The van der Waals surface area contributed by atoms with E-state index in [1.54, 1.807) is 15.5 Å². The third kappa shape index (κ3) is 1.91. The van der Waals surface area contributed by atoms with E-state index in [9.17, 15) is 0 Å². The van der Waals surface area contributed by atoms with Gasteiger partial charge in [-0.25, -0.2) is 3.22 Å². The Labute approximate surface area is 77.0 Å². The van der Waals surface area contributed by atoms with Crippen LogP contribution in [0.3, 0.4) is 0 Å². The van der Waals surface area contributed by atoms with Crippen LogP contribution in [0.15, 0.2) is 22.5 Å². The van der Waals surface area contributed by atoms with Gasteiger partial charge in [0.25, 0.3) is 0 Å². The molecule has 0 amide bonds. The average Bonchev–Trinajstić information content (AvgIpc) is 1.80. The number of halogens is 3. The van der Waals surface area contributed by atoms with E-state index in [1.165, 1.54) is 0 Å². The second kappa shape index (κ2) is 2.98. The molecule has 1 aliphatic rings. The summed E-state index contributed by atoms with van der Waals surface area (Å²) < 4.78 is 1.63. The number of hydrogen-bond acceptors (Lipinski definition) is 2. The highest BCUT2D eigenvalue weighted by Crippen LogP contribution is 2.20. The van der Waals surface area contributed by atoms with Gasteiger partial charge in [-0.2, -0.15) is 0 Å². The summed E-state index contributed by atoms with van der Waals surface area (Å²) in [6, 6.07) is 0. The molecule has 0 aromatic rings. The monoisotopic (exact) mass is 276 g/mol. The first kappa shape index (κ1) is 7.50. The first-order valence-electron chi connectivity index (χ1n) is 2.15. The molecule has 1 N–H and O–H groups in total. The number of nitrogens with one attached hydrogen (secondary N) is 1. The molecule has 0 aromatic carbocycles. The molecule has 5 heteroatoms. The molecule has 50 valence electrons. The summed E-state index contributed by atoms with van der Waals surface area (Å²) in [6.45, 7) is 0. The van der Waals surface area contributed by atoms with E-state index in [2.05, 4.69) is 5.43 Å². The van der Waals surface area contributed by atoms with Crippen molar-refractivity contribution in [1.82, 2.24) is 8.65 Å². The number of hydrogen-bond donors (Lipinski definition) is 1. The number of rotatable bonds is 0. The molecule has 1 aliphatic heterocycles. The molecule has 1 rings (SSSR count). The molecule has 0 fully saturated rings. The average molecular weight is 277 g/mol. The highest BCUT2D eigenvalue weighted by molar-refractivity contribution is 14.1. The van der Waals surface area contributed by atoms with Crippen LogP contribution < -0.4 is 5.43 Å². The first-order valence-corrected chi connectivity index (χ1v) is 3.87. The van der Waals surface area contributed by atoms with Crippen molar-refractivity contribution in [2.24, 2.45) is 0 Å². The lowest BCUT2D eigenvalue weighted by atomic mass is 10.5.